The van der Waals surface area contributed by atoms with Crippen LogP contribution in [0.2, 0.25) is 0 Å². The molecule has 2 N–H and O–H groups in total. The zero-order valence-electron chi connectivity index (χ0n) is 17.9. The maximum atomic E-state index is 13.7. The number of non-ortho nitro benzene ring substituents is 1. The van der Waals surface area contributed by atoms with Crippen LogP contribution in [0.1, 0.15) is 25.2 Å². The minimum absolute atomic E-state index is 0.0923. The predicted molar refractivity (Wildman–Crippen MR) is 121 cm³/mol. The average molecular weight is 461 g/mol. The Bertz CT molecular complexity index is 1200. The van der Waals surface area contributed by atoms with E-state index >= 15 is 0 Å². The second-order valence-electron chi connectivity index (χ2n) is 6.73. The number of methoxy groups -OCH3 is 1. The van der Waals surface area contributed by atoms with Crippen molar-refractivity contribution in [3.63, 3.8) is 0 Å². The highest BCUT2D eigenvalue weighted by Crippen LogP contribution is 2.60. The van der Waals surface area contributed by atoms with Crippen molar-refractivity contribution in [2.45, 2.75) is 19.6 Å². The highest BCUT2D eigenvalue weighted by atomic mass is 31.2. The Morgan fingerprint density at radius 1 is 1.09 bits per heavy atom. The van der Waals surface area contributed by atoms with E-state index in [2.05, 4.69) is 10.3 Å². The summed E-state index contributed by atoms with van der Waals surface area (Å²) in [7, 11) is -2.33. The first kappa shape index (κ1) is 23.5. The number of fused-ring (bicyclic) bond motifs is 1. The lowest BCUT2D eigenvalue weighted by molar-refractivity contribution is -0.384. The Labute approximate surface area is 184 Å². The molecule has 0 radical (unpaired) electrons. The van der Waals surface area contributed by atoms with Gasteiger partial charge in [0.1, 0.15) is 5.75 Å². The van der Waals surface area contributed by atoms with Gasteiger partial charge in [-0.05, 0) is 50.2 Å². The van der Waals surface area contributed by atoms with E-state index < -0.39 is 23.9 Å². The third-order valence-electron chi connectivity index (χ3n) is 4.69. The van der Waals surface area contributed by atoms with Gasteiger partial charge in [-0.15, -0.1) is 0 Å². The lowest BCUT2D eigenvalue weighted by atomic mass is 10.1. The summed E-state index contributed by atoms with van der Waals surface area (Å²) in [5.74, 6) is -0.573. The first-order valence-electron chi connectivity index (χ1n) is 9.92. The number of nitrogens with zero attached hydrogens (tertiary/aromatic N) is 1. The van der Waals surface area contributed by atoms with Crippen LogP contribution >= 0.6 is 7.60 Å². The fraction of sp³-hybridized carbons (Fsp3) is 0.286. The molecule has 2 aromatic carbocycles. The van der Waals surface area contributed by atoms with Crippen LogP contribution in [0, 0.1) is 10.1 Å². The third kappa shape index (κ3) is 4.99. The summed E-state index contributed by atoms with van der Waals surface area (Å²) in [6.07, 6.45) is 0. The van der Waals surface area contributed by atoms with Gasteiger partial charge in [0.25, 0.3) is 11.2 Å². The summed E-state index contributed by atoms with van der Waals surface area (Å²) in [6, 6.07) is 12.3. The fourth-order valence-electron chi connectivity index (χ4n) is 3.24. The van der Waals surface area contributed by atoms with E-state index in [1.165, 1.54) is 31.4 Å². The van der Waals surface area contributed by atoms with E-state index in [9.17, 15) is 19.5 Å². The van der Waals surface area contributed by atoms with Gasteiger partial charge in [-0.3, -0.25) is 19.5 Å². The molecular weight excluding hydrogens is 437 g/mol. The Morgan fingerprint density at radius 3 is 2.31 bits per heavy atom. The number of ether oxygens (including phenoxy) is 1. The lowest BCUT2D eigenvalue weighted by Crippen LogP contribution is -2.23. The van der Waals surface area contributed by atoms with Crippen LogP contribution in [0.5, 0.6) is 5.75 Å². The number of nitro groups is 1. The quantitative estimate of drug-likeness (QED) is 0.249. The number of nitro benzene ring substituents is 1. The molecule has 1 heterocycles. The van der Waals surface area contributed by atoms with E-state index in [4.69, 9.17) is 13.8 Å². The SMILES string of the molecule is CCOP(=O)(OCC)C(Nc1ccc([N+](=O)[O-])cc1)c1cc2cc(OC)ccc2[nH]c1=O. The van der Waals surface area contributed by atoms with Gasteiger partial charge >= 0.3 is 7.60 Å². The number of rotatable bonds is 10. The molecule has 0 aliphatic carbocycles. The minimum Gasteiger partial charge on any atom is -0.497 e. The van der Waals surface area contributed by atoms with Crippen LogP contribution < -0.4 is 15.6 Å². The molecule has 170 valence electrons. The number of nitrogens with one attached hydrogen (secondary N) is 2. The predicted octanol–water partition coefficient (Wildman–Crippen LogP) is 4.82. The molecule has 0 spiro atoms. The summed E-state index contributed by atoms with van der Waals surface area (Å²) in [6.45, 7) is 3.53. The summed E-state index contributed by atoms with van der Waals surface area (Å²) in [4.78, 5) is 26.2. The van der Waals surface area contributed by atoms with E-state index in [1.807, 2.05) is 0 Å². The van der Waals surface area contributed by atoms with E-state index in [-0.39, 0.29) is 24.5 Å². The van der Waals surface area contributed by atoms with Gasteiger partial charge in [0, 0.05) is 28.7 Å². The number of benzene rings is 2. The number of anilines is 1. The maximum Gasteiger partial charge on any atom is 0.357 e. The molecule has 1 unspecified atom stereocenters. The Morgan fingerprint density at radius 2 is 1.75 bits per heavy atom. The molecule has 1 atom stereocenters. The molecular formula is C21H24N3O7P. The molecule has 0 aliphatic heterocycles. The molecule has 10 nitrogen and oxygen atoms in total. The summed E-state index contributed by atoms with van der Waals surface area (Å²) in [5, 5.41) is 14.6. The van der Waals surface area contributed by atoms with Gasteiger partial charge < -0.3 is 24.1 Å². The summed E-state index contributed by atoms with van der Waals surface area (Å²) < 4.78 is 30.0. The molecule has 0 amide bonds. The van der Waals surface area contributed by atoms with E-state index in [0.29, 0.717) is 22.3 Å². The monoisotopic (exact) mass is 461 g/mol. The van der Waals surface area contributed by atoms with Crippen LogP contribution in [-0.2, 0) is 13.6 Å². The number of pyridine rings is 1. The second kappa shape index (κ2) is 9.95. The van der Waals surface area contributed by atoms with E-state index in [1.54, 1.807) is 38.1 Å². The number of aromatic amines is 1. The van der Waals surface area contributed by atoms with E-state index in [0.717, 1.165) is 0 Å². The zero-order chi connectivity index (χ0) is 23.3. The van der Waals surface area contributed by atoms with Crippen LogP contribution in [0.15, 0.2) is 53.3 Å². The summed E-state index contributed by atoms with van der Waals surface area (Å²) >= 11 is 0. The third-order valence-corrected chi connectivity index (χ3v) is 6.97. The molecule has 0 bridgehead atoms. The Kier molecular flexibility index (Phi) is 7.29. The normalized spacial score (nSPS) is 12.5. The molecule has 0 fully saturated rings. The van der Waals surface area contributed by atoms with Crippen molar-refractivity contribution in [2.75, 3.05) is 25.6 Å². The highest BCUT2D eigenvalue weighted by molar-refractivity contribution is 7.54. The van der Waals surface area contributed by atoms with Crippen LogP contribution in [0.4, 0.5) is 11.4 Å². The second-order valence-corrected chi connectivity index (χ2v) is 8.85. The zero-order valence-corrected chi connectivity index (χ0v) is 18.8. The lowest BCUT2D eigenvalue weighted by Gasteiger charge is -2.27. The highest BCUT2D eigenvalue weighted by Gasteiger charge is 2.39. The van der Waals surface area contributed by atoms with Crippen molar-refractivity contribution in [2.24, 2.45) is 0 Å². The Balaban J connectivity index is 2.15. The average Bonchev–Trinajstić information content (AvgIpc) is 2.77. The Hall–Kier alpha value is -3.20. The molecule has 0 saturated heterocycles. The van der Waals surface area contributed by atoms with Gasteiger partial charge in [0.2, 0.25) is 0 Å². The molecule has 3 rings (SSSR count). The van der Waals surface area contributed by atoms with Crippen LogP contribution in [0.3, 0.4) is 0 Å². The van der Waals surface area contributed by atoms with Crippen molar-refractivity contribution in [1.82, 2.24) is 4.98 Å². The van der Waals surface area contributed by atoms with Gasteiger partial charge in [-0.25, -0.2) is 0 Å². The number of hydrogen-bond acceptors (Lipinski definition) is 8. The van der Waals surface area contributed by atoms with Gasteiger partial charge in [-0.1, -0.05) is 0 Å². The van der Waals surface area contributed by atoms with Gasteiger partial charge in [-0.2, -0.15) is 0 Å². The number of hydrogen-bond donors (Lipinski definition) is 2. The number of H-pyrrole nitrogens is 1. The number of aromatic nitrogens is 1. The molecule has 11 heteroatoms. The van der Waals surface area contributed by atoms with Crippen LogP contribution in [-0.4, -0.2) is 30.2 Å². The summed E-state index contributed by atoms with van der Waals surface area (Å²) in [5.41, 5.74) is 0.554. The van der Waals surface area contributed by atoms with Crippen LogP contribution in [0.25, 0.3) is 10.9 Å². The van der Waals surface area contributed by atoms with Crippen molar-refractivity contribution in [3.8, 4) is 5.75 Å². The standard InChI is InChI=1S/C21H24N3O7P/c1-4-30-32(28,31-5-2)21(22-15-6-8-16(9-7-15)24(26)27)18-13-14-12-17(29-3)10-11-19(14)23-20(18)25/h6-13,21-22H,4-5H2,1-3H3,(H,23,25). The molecule has 0 saturated carbocycles. The van der Waals surface area contributed by atoms with Gasteiger partial charge in [0.05, 0.1) is 30.8 Å². The topological polar surface area (TPSA) is 133 Å². The maximum absolute atomic E-state index is 13.7. The smallest absolute Gasteiger partial charge is 0.357 e. The molecule has 3 aromatic rings. The first-order chi connectivity index (χ1) is 15.3. The largest absolute Gasteiger partial charge is 0.497 e. The molecule has 1 aromatic heterocycles. The fourth-order valence-corrected chi connectivity index (χ4v) is 5.17. The molecule has 0 aliphatic rings. The van der Waals surface area contributed by atoms with Crippen molar-refractivity contribution in [1.29, 1.82) is 0 Å². The van der Waals surface area contributed by atoms with Crippen molar-refractivity contribution in [3.05, 3.63) is 74.6 Å². The minimum atomic E-state index is -3.87. The molecule has 32 heavy (non-hydrogen) atoms. The van der Waals surface area contributed by atoms with Gasteiger partial charge in [0.15, 0.2) is 5.78 Å². The first-order valence-corrected chi connectivity index (χ1v) is 11.5. The van der Waals surface area contributed by atoms with Crippen molar-refractivity contribution < 1.29 is 23.3 Å². The van der Waals surface area contributed by atoms with Crippen molar-refractivity contribution >= 4 is 29.9 Å².